The van der Waals surface area contributed by atoms with Crippen LogP contribution in [-0.2, 0) is 4.79 Å². The van der Waals surface area contributed by atoms with Crippen LogP contribution in [0.15, 0.2) is 30.3 Å². The van der Waals surface area contributed by atoms with E-state index in [0.717, 1.165) is 11.1 Å². The smallest absolute Gasteiger partial charge is 0.152 e. The van der Waals surface area contributed by atoms with Crippen LogP contribution in [-0.4, -0.2) is 5.78 Å². The molecule has 0 spiro atoms. The highest BCUT2D eigenvalue weighted by Gasteiger charge is 1.97. The van der Waals surface area contributed by atoms with Crippen LogP contribution in [0, 0.1) is 5.82 Å². The SMILES string of the molecule is CC(=O)/C=C(/C)c1cccc(F)c1. The molecule has 0 aromatic heterocycles. The molecule has 0 saturated heterocycles. The van der Waals surface area contributed by atoms with Gasteiger partial charge in [0, 0.05) is 0 Å². The molecule has 1 rings (SSSR count). The van der Waals surface area contributed by atoms with Crippen LogP contribution in [0.5, 0.6) is 0 Å². The molecule has 0 fully saturated rings. The van der Waals surface area contributed by atoms with Gasteiger partial charge in [-0.2, -0.15) is 0 Å². The zero-order valence-corrected chi connectivity index (χ0v) is 7.67. The quantitative estimate of drug-likeness (QED) is 0.636. The van der Waals surface area contributed by atoms with E-state index in [0.29, 0.717) is 0 Å². The monoisotopic (exact) mass is 178 g/mol. The summed E-state index contributed by atoms with van der Waals surface area (Å²) in [6, 6.07) is 6.19. The highest BCUT2D eigenvalue weighted by molar-refractivity contribution is 5.94. The summed E-state index contributed by atoms with van der Waals surface area (Å²) in [5.74, 6) is -0.310. The number of carbonyl (C=O) groups is 1. The lowest BCUT2D eigenvalue weighted by Gasteiger charge is -1.99. The number of allylic oxidation sites excluding steroid dienone is 2. The molecule has 0 N–H and O–H groups in total. The number of ketones is 1. The van der Waals surface area contributed by atoms with Crippen molar-refractivity contribution in [3.8, 4) is 0 Å². The van der Waals surface area contributed by atoms with E-state index in [1.54, 1.807) is 19.1 Å². The lowest BCUT2D eigenvalue weighted by Crippen LogP contribution is -1.86. The molecule has 0 bridgehead atoms. The van der Waals surface area contributed by atoms with E-state index in [1.165, 1.54) is 25.1 Å². The minimum absolute atomic E-state index is 0.0261. The molecule has 13 heavy (non-hydrogen) atoms. The van der Waals surface area contributed by atoms with Crippen LogP contribution in [0.2, 0.25) is 0 Å². The summed E-state index contributed by atoms with van der Waals surface area (Å²) in [6.45, 7) is 3.26. The average molecular weight is 178 g/mol. The fourth-order valence-corrected chi connectivity index (χ4v) is 1.12. The third-order valence-electron chi connectivity index (χ3n) is 1.70. The fraction of sp³-hybridized carbons (Fsp3) is 0.182. The molecule has 0 aliphatic carbocycles. The minimum Gasteiger partial charge on any atom is -0.295 e. The van der Waals surface area contributed by atoms with Crippen LogP contribution in [0.4, 0.5) is 4.39 Å². The molecule has 0 amide bonds. The third-order valence-corrected chi connectivity index (χ3v) is 1.70. The Balaban J connectivity index is 3.02. The molecule has 1 aromatic carbocycles. The Labute approximate surface area is 76.9 Å². The topological polar surface area (TPSA) is 17.1 Å². The Morgan fingerprint density at radius 3 is 2.62 bits per heavy atom. The molecular formula is C11H11FO. The Bertz CT molecular complexity index is 353. The Kier molecular flexibility index (Phi) is 2.96. The highest BCUT2D eigenvalue weighted by Crippen LogP contribution is 2.14. The van der Waals surface area contributed by atoms with Crippen molar-refractivity contribution in [2.75, 3.05) is 0 Å². The van der Waals surface area contributed by atoms with Crippen LogP contribution < -0.4 is 0 Å². The maximum atomic E-state index is 12.8. The second kappa shape index (κ2) is 3.99. The standard InChI is InChI=1S/C11H11FO/c1-8(6-9(2)13)10-4-3-5-11(12)7-10/h3-7H,1-2H3/b8-6-. The van der Waals surface area contributed by atoms with Crippen molar-refractivity contribution in [2.24, 2.45) is 0 Å². The predicted molar refractivity (Wildman–Crippen MR) is 50.7 cm³/mol. The van der Waals surface area contributed by atoms with Gasteiger partial charge in [0.05, 0.1) is 0 Å². The van der Waals surface area contributed by atoms with Gasteiger partial charge in [-0.15, -0.1) is 0 Å². The van der Waals surface area contributed by atoms with Gasteiger partial charge in [0.15, 0.2) is 5.78 Å². The summed E-state index contributed by atoms with van der Waals surface area (Å²) < 4.78 is 12.8. The average Bonchev–Trinajstić information content (AvgIpc) is 2.03. The van der Waals surface area contributed by atoms with Gasteiger partial charge in [0.2, 0.25) is 0 Å². The number of halogens is 1. The molecule has 68 valence electrons. The summed E-state index contributed by atoms with van der Waals surface area (Å²) in [5.41, 5.74) is 1.53. The van der Waals surface area contributed by atoms with E-state index in [-0.39, 0.29) is 11.6 Å². The Morgan fingerprint density at radius 2 is 2.08 bits per heavy atom. The normalized spacial score (nSPS) is 11.5. The summed E-state index contributed by atoms with van der Waals surface area (Å²) in [6.07, 6.45) is 1.49. The van der Waals surface area contributed by atoms with Crippen molar-refractivity contribution in [2.45, 2.75) is 13.8 Å². The number of hydrogen-bond donors (Lipinski definition) is 0. The Morgan fingerprint density at radius 1 is 1.38 bits per heavy atom. The maximum absolute atomic E-state index is 12.8. The van der Waals surface area contributed by atoms with Crippen molar-refractivity contribution in [3.63, 3.8) is 0 Å². The van der Waals surface area contributed by atoms with Gasteiger partial charge in [-0.3, -0.25) is 4.79 Å². The number of carbonyl (C=O) groups excluding carboxylic acids is 1. The molecule has 0 saturated carbocycles. The lowest BCUT2D eigenvalue weighted by atomic mass is 10.1. The highest BCUT2D eigenvalue weighted by atomic mass is 19.1. The molecule has 0 aliphatic rings. The molecule has 0 unspecified atom stereocenters. The van der Waals surface area contributed by atoms with Crippen molar-refractivity contribution in [1.82, 2.24) is 0 Å². The molecule has 1 aromatic rings. The third kappa shape index (κ3) is 2.82. The zero-order valence-electron chi connectivity index (χ0n) is 7.67. The first-order valence-corrected chi connectivity index (χ1v) is 4.04. The largest absolute Gasteiger partial charge is 0.295 e. The first-order valence-electron chi connectivity index (χ1n) is 4.04. The first kappa shape index (κ1) is 9.65. The van der Waals surface area contributed by atoms with Gasteiger partial charge in [-0.25, -0.2) is 4.39 Å². The lowest BCUT2D eigenvalue weighted by molar-refractivity contribution is -0.112. The van der Waals surface area contributed by atoms with E-state index >= 15 is 0 Å². The van der Waals surface area contributed by atoms with Crippen molar-refractivity contribution in [1.29, 1.82) is 0 Å². The van der Waals surface area contributed by atoms with Crippen LogP contribution in [0.1, 0.15) is 19.4 Å². The summed E-state index contributed by atoms with van der Waals surface area (Å²) >= 11 is 0. The van der Waals surface area contributed by atoms with Crippen LogP contribution >= 0.6 is 0 Å². The van der Waals surface area contributed by atoms with E-state index < -0.39 is 0 Å². The summed E-state index contributed by atoms with van der Waals surface area (Å²) in [4.78, 5) is 10.7. The number of benzene rings is 1. The fourth-order valence-electron chi connectivity index (χ4n) is 1.12. The van der Waals surface area contributed by atoms with Crippen molar-refractivity contribution < 1.29 is 9.18 Å². The van der Waals surface area contributed by atoms with Crippen molar-refractivity contribution in [3.05, 3.63) is 41.7 Å². The number of rotatable bonds is 2. The van der Waals surface area contributed by atoms with Gasteiger partial charge >= 0.3 is 0 Å². The Hall–Kier alpha value is -1.44. The van der Waals surface area contributed by atoms with Gasteiger partial charge in [0.25, 0.3) is 0 Å². The first-order chi connectivity index (χ1) is 6.09. The maximum Gasteiger partial charge on any atom is 0.152 e. The van der Waals surface area contributed by atoms with Gasteiger partial charge in [-0.05, 0) is 43.2 Å². The van der Waals surface area contributed by atoms with E-state index in [1.807, 2.05) is 0 Å². The molecule has 2 heteroatoms. The van der Waals surface area contributed by atoms with Crippen molar-refractivity contribution >= 4 is 11.4 Å². The summed E-state index contributed by atoms with van der Waals surface area (Å²) in [7, 11) is 0. The van der Waals surface area contributed by atoms with E-state index in [9.17, 15) is 9.18 Å². The second-order valence-corrected chi connectivity index (χ2v) is 2.95. The van der Waals surface area contributed by atoms with Crippen LogP contribution in [0.3, 0.4) is 0 Å². The van der Waals surface area contributed by atoms with Gasteiger partial charge in [0.1, 0.15) is 5.82 Å². The van der Waals surface area contributed by atoms with Crippen LogP contribution in [0.25, 0.3) is 5.57 Å². The number of hydrogen-bond acceptors (Lipinski definition) is 1. The minimum atomic E-state index is -0.284. The van der Waals surface area contributed by atoms with E-state index in [4.69, 9.17) is 0 Å². The van der Waals surface area contributed by atoms with Gasteiger partial charge in [-0.1, -0.05) is 12.1 Å². The predicted octanol–water partition coefficient (Wildman–Crippen LogP) is 2.82. The molecule has 0 radical (unpaired) electrons. The molecule has 0 atom stereocenters. The zero-order chi connectivity index (χ0) is 9.84. The molecular weight excluding hydrogens is 167 g/mol. The summed E-state index contributed by atoms with van der Waals surface area (Å²) in [5, 5.41) is 0. The van der Waals surface area contributed by atoms with E-state index in [2.05, 4.69) is 0 Å². The molecule has 1 nitrogen and oxygen atoms in total. The molecule has 0 heterocycles. The van der Waals surface area contributed by atoms with Gasteiger partial charge < -0.3 is 0 Å². The molecule has 0 aliphatic heterocycles. The second-order valence-electron chi connectivity index (χ2n) is 2.95.